The summed E-state index contributed by atoms with van der Waals surface area (Å²) in [5, 5.41) is 11.6. The summed E-state index contributed by atoms with van der Waals surface area (Å²) in [4.78, 5) is 28.9. The van der Waals surface area contributed by atoms with E-state index < -0.39 is 0 Å². The molecule has 7 nitrogen and oxygen atoms in total. The highest BCUT2D eigenvalue weighted by molar-refractivity contribution is 5.72. The number of nitriles is 1. The van der Waals surface area contributed by atoms with Crippen LogP contribution in [0.1, 0.15) is 49.1 Å². The number of aryl methyl sites for hydroxylation is 1. The summed E-state index contributed by atoms with van der Waals surface area (Å²) >= 11 is 0. The largest absolute Gasteiger partial charge is 0.465 e. The molecule has 126 valence electrons. The first-order chi connectivity index (χ1) is 11.6. The van der Waals surface area contributed by atoms with Crippen LogP contribution in [-0.2, 0) is 16.0 Å². The Hall–Kier alpha value is -2.62. The van der Waals surface area contributed by atoms with Crippen molar-refractivity contribution < 1.29 is 9.53 Å². The molecule has 0 unspecified atom stereocenters. The van der Waals surface area contributed by atoms with Crippen molar-refractivity contribution >= 4 is 11.6 Å². The van der Waals surface area contributed by atoms with E-state index in [4.69, 9.17) is 10.00 Å². The molecule has 24 heavy (non-hydrogen) atoms. The molecule has 1 N–H and O–H groups in total. The molecule has 2 aromatic rings. The van der Waals surface area contributed by atoms with E-state index in [1.807, 2.05) is 6.07 Å². The van der Waals surface area contributed by atoms with Crippen LogP contribution in [0.25, 0.3) is 5.65 Å². The number of carbonyl (C=O) groups excluding carboxylic acids is 1. The predicted octanol–water partition coefficient (Wildman–Crippen LogP) is 1.87. The van der Waals surface area contributed by atoms with Crippen molar-refractivity contribution in [3.63, 3.8) is 0 Å². The number of aromatic nitrogens is 3. The number of ether oxygens (including phenoxy) is 1. The van der Waals surface area contributed by atoms with Crippen LogP contribution in [0.4, 0.5) is 0 Å². The predicted molar refractivity (Wildman–Crippen MR) is 86.5 cm³/mol. The van der Waals surface area contributed by atoms with E-state index >= 15 is 0 Å². The van der Waals surface area contributed by atoms with Gasteiger partial charge in [0, 0.05) is 23.7 Å². The Morgan fingerprint density at radius 3 is 2.92 bits per heavy atom. The van der Waals surface area contributed by atoms with Crippen LogP contribution in [-0.4, -0.2) is 27.2 Å². The standard InChI is InChI=1S/C17H20N4O3/c1-11-14(7-8-24-17(23)12-5-3-2-4-6-12)16(22)21-15(19-11)9-13(10-18)20-21/h9,12,20H,2-8H2,1H3. The van der Waals surface area contributed by atoms with Crippen LogP contribution in [0.5, 0.6) is 0 Å². The number of hydrogen-bond donors (Lipinski definition) is 1. The smallest absolute Gasteiger partial charge is 0.308 e. The zero-order chi connectivity index (χ0) is 17.1. The molecule has 0 saturated heterocycles. The molecule has 0 spiro atoms. The maximum absolute atomic E-state index is 12.5. The number of rotatable bonds is 4. The summed E-state index contributed by atoms with van der Waals surface area (Å²) in [5.74, 6) is -0.156. The van der Waals surface area contributed by atoms with Gasteiger partial charge in [0.15, 0.2) is 5.65 Å². The van der Waals surface area contributed by atoms with Gasteiger partial charge in [-0.05, 0) is 19.8 Å². The summed E-state index contributed by atoms with van der Waals surface area (Å²) in [6.45, 7) is 1.92. The topological polar surface area (TPSA) is 100 Å². The molecule has 0 amide bonds. The van der Waals surface area contributed by atoms with Gasteiger partial charge in [-0.1, -0.05) is 19.3 Å². The Morgan fingerprint density at radius 2 is 2.21 bits per heavy atom. The van der Waals surface area contributed by atoms with Crippen molar-refractivity contribution in [1.29, 1.82) is 5.26 Å². The first-order valence-corrected chi connectivity index (χ1v) is 8.28. The number of aromatic amines is 1. The molecule has 0 bridgehead atoms. The molecule has 1 fully saturated rings. The van der Waals surface area contributed by atoms with Crippen molar-refractivity contribution in [2.45, 2.75) is 45.4 Å². The zero-order valence-electron chi connectivity index (χ0n) is 13.7. The van der Waals surface area contributed by atoms with E-state index in [0.717, 1.165) is 25.7 Å². The second-order valence-corrected chi connectivity index (χ2v) is 6.21. The minimum absolute atomic E-state index is 0.00291. The average molecular weight is 328 g/mol. The molecule has 0 atom stereocenters. The molecule has 1 saturated carbocycles. The number of nitrogens with zero attached hydrogens (tertiary/aromatic N) is 3. The second kappa shape index (κ2) is 6.87. The molecule has 0 aromatic carbocycles. The third kappa shape index (κ3) is 3.18. The van der Waals surface area contributed by atoms with Crippen LogP contribution in [0.3, 0.4) is 0 Å². The van der Waals surface area contributed by atoms with Crippen molar-refractivity contribution in [2.75, 3.05) is 6.61 Å². The van der Waals surface area contributed by atoms with Gasteiger partial charge in [-0.3, -0.25) is 14.7 Å². The molecule has 3 rings (SSSR count). The quantitative estimate of drug-likeness (QED) is 0.864. The van der Waals surface area contributed by atoms with Crippen molar-refractivity contribution in [3.05, 3.63) is 33.4 Å². The number of hydrogen-bond acceptors (Lipinski definition) is 5. The van der Waals surface area contributed by atoms with Gasteiger partial charge in [0.1, 0.15) is 11.8 Å². The summed E-state index contributed by atoms with van der Waals surface area (Å²) in [6, 6.07) is 3.48. The number of carbonyl (C=O) groups is 1. The van der Waals surface area contributed by atoms with Crippen molar-refractivity contribution in [1.82, 2.24) is 14.6 Å². The fraction of sp³-hybridized carbons (Fsp3) is 0.529. The van der Waals surface area contributed by atoms with E-state index in [9.17, 15) is 9.59 Å². The van der Waals surface area contributed by atoms with E-state index in [1.165, 1.54) is 17.0 Å². The highest BCUT2D eigenvalue weighted by atomic mass is 16.5. The fourth-order valence-corrected chi connectivity index (χ4v) is 3.22. The van der Waals surface area contributed by atoms with E-state index in [2.05, 4.69) is 10.1 Å². The van der Waals surface area contributed by atoms with Crippen LogP contribution in [0, 0.1) is 24.2 Å². The van der Waals surface area contributed by atoms with Gasteiger partial charge in [-0.2, -0.15) is 5.26 Å². The number of esters is 1. The first kappa shape index (κ1) is 16.2. The molecule has 1 aliphatic rings. The lowest BCUT2D eigenvalue weighted by atomic mass is 9.89. The van der Waals surface area contributed by atoms with Gasteiger partial charge in [-0.15, -0.1) is 0 Å². The molecule has 2 heterocycles. The normalized spacial score (nSPS) is 15.3. The van der Waals surface area contributed by atoms with Crippen LogP contribution >= 0.6 is 0 Å². The van der Waals surface area contributed by atoms with E-state index in [1.54, 1.807) is 6.92 Å². The Morgan fingerprint density at radius 1 is 1.46 bits per heavy atom. The number of H-pyrrole nitrogens is 1. The number of fused-ring (bicyclic) bond motifs is 1. The molecule has 7 heteroatoms. The fourth-order valence-electron chi connectivity index (χ4n) is 3.22. The Bertz CT molecular complexity index is 853. The maximum Gasteiger partial charge on any atom is 0.308 e. The zero-order valence-corrected chi connectivity index (χ0v) is 13.7. The SMILES string of the molecule is Cc1nc2cc(C#N)[nH]n2c(=O)c1CCOC(=O)C1CCCCC1. The minimum Gasteiger partial charge on any atom is -0.465 e. The van der Waals surface area contributed by atoms with Gasteiger partial charge in [0.05, 0.1) is 12.5 Å². The Labute approximate surface area is 139 Å². The highest BCUT2D eigenvalue weighted by Crippen LogP contribution is 2.24. The van der Waals surface area contributed by atoms with Crippen LogP contribution in [0.2, 0.25) is 0 Å². The monoisotopic (exact) mass is 328 g/mol. The van der Waals surface area contributed by atoms with E-state index in [-0.39, 0.29) is 29.7 Å². The second-order valence-electron chi connectivity index (χ2n) is 6.21. The van der Waals surface area contributed by atoms with Gasteiger partial charge in [0.2, 0.25) is 0 Å². The lowest BCUT2D eigenvalue weighted by molar-refractivity contribution is -0.149. The third-order valence-corrected chi connectivity index (χ3v) is 4.57. The van der Waals surface area contributed by atoms with Crippen molar-refractivity contribution in [2.24, 2.45) is 5.92 Å². The van der Waals surface area contributed by atoms with Crippen LogP contribution in [0.15, 0.2) is 10.9 Å². The maximum atomic E-state index is 12.5. The lowest BCUT2D eigenvalue weighted by Gasteiger charge is -2.19. The molecular weight excluding hydrogens is 308 g/mol. The summed E-state index contributed by atoms with van der Waals surface area (Å²) < 4.78 is 6.61. The molecular formula is C17H20N4O3. The first-order valence-electron chi connectivity index (χ1n) is 8.28. The molecule has 2 aromatic heterocycles. The van der Waals surface area contributed by atoms with Crippen molar-refractivity contribution in [3.8, 4) is 6.07 Å². The average Bonchev–Trinajstić information content (AvgIpc) is 3.01. The van der Waals surface area contributed by atoms with Gasteiger partial charge >= 0.3 is 5.97 Å². The van der Waals surface area contributed by atoms with Gasteiger partial charge < -0.3 is 4.74 Å². The summed E-state index contributed by atoms with van der Waals surface area (Å²) in [5.41, 5.74) is 1.53. The van der Waals surface area contributed by atoms with Gasteiger partial charge in [0.25, 0.3) is 5.56 Å². The summed E-state index contributed by atoms with van der Waals surface area (Å²) in [6.07, 6.45) is 5.46. The summed E-state index contributed by atoms with van der Waals surface area (Å²) in [7, 11) is 0. The molecule has 0 aliphatic heterocycles. The highest BCUT2D eigenvalue weighted by Gasteiger charge is 2.22. The Balaban J connectivity index is 1.70. The van der Waals surface area contributed by atoms with Gasteiger partial charge in [-0.25, -0.2) is 9.50 Å². The lowest BCUT2D eigenvalue weighted by Crippen LogP contribution is -2.25. The molecule has 0 radical (unpaired) electrons. The van der Waals surface area contributed by atoms with E-state index in [0.29, 0.717) is 23.3 Å². The third-order valence-electron chi connectivity index (χ3n) is 4.57. The molecule has 1 aliphatic carbocycles. The minimum atomic E-state index is -0.257. The number of nitrogens with one attached hydrogen (secondary N) is 1. The van der Waals surface area contributed by atoms with Crippen LogP contribution < -0.4 is 5.56 Å². The Kier molecular flexibility index (Phi) is 4.65.